The Morgan fingerprint density at radius 3 is 2.59 bits per heavy atom. The van der Waals surface area contributed by atoms with E-state index in [4.69, 9.17) is 4.74 Å². The van der Waals surface area contributed by atoms with Crippen LogP contribution in [0.4, 0.5) is 4.79 Å². The monoisotopic (exact) mass is 405 g/mol. The van der Waals surface area contributed by atoms with Crippen LogP contribution in [0.15, 0.2) is 24.3 Å². The number of nitrogens with zero attached hydrogens (tertiary/aromatic N) is 1. The molecule has 8 heteroatoms. The van der Waals surface area contributed by atoms with Crippen LogP contribution in [0.25, 0.3) is 0 Å². The molecule has 1 fully saturated rings. The van der Waals surface area contributed by atoms with Gasteiger partial charge in [-0.15, -0.1) is 0 Å². The number of methoxy groups -OCH3 is 1. The first-order valence-corrected chi connectivity index (χ1v) is 10.0. The molecule has 0 unspecified atom stereocenters. The SMILES string of the molecule is CC[C@H](C)[C@@H](CO)NC(=O)CC[C@H]1NC(=O)N(CCc2ccc(OC)cc2)C1=O. The lowest BCUT2D eigenvalue weighted by atomic mass is 9.99. The molecule has 3 N–H and O–H groups in total. The molecule has 4 amide bonds. The Morgan fingerprint density at radius 1 is 1.31 bits per heavy atom. The van der Waals surface area contributed by atoms with Crippen molar-refractivity contribution < 1.29 is 24.2 Å². The molecular weight excluding hydrogens is 374 g/mol. The van der Waals surface area contributed by atoms with Crippen LogP contribution in [0.5, 0.6) is 5.75 Å². The lowest BCUT2D eigenvalue weighted by Crippen LogP contribution is -2.42. The number of aliphatic hydroxyl groups is 1. The molecular formula is C21H31N3O5. The second-order valence-corrected chi connectivity index (χ2v) is 7.37. The third-order valence-corrected chi connectivity index (χ3v) is 5.42. The van der Waals surface area contributed by atoms with Gasteiger partial charge in [0.2, 0.25) is 5.91 Å². The summed E-state index contributed by atoms with van der Waals surface area (Å²) >= 11 is 0. The van der Waals surface area contributed by atoms with Crippen LogP contribution in [0.1, 0.15) is 38.7 Å². The molecule has 1 aromatic rings. The van der Waals surface area contributed by atoms with Crippen LogP contribution in [-0.2, 0) is 16.0 Å². The van der Waals surface area contributed by atoms with Gasteiger partial charge in [-0.2, -0.15) is 0 Å². The van der Waals surface area contributed by atoms with E-state index in [1.807, 2.05) is 38.1 Å². The second kappa shape index (κ2) is 10.8. The highest BCUT2D eigenvalue weighted by Crippen LogP contribution is 2.15. The van der Waals surface area contributed by atoms with Gasteiger partial charge < -0.3 is 20.5 Å². The maximum absolute atomic E-state index is 12.5. The molecule has 0 spiro atoms. The fourth-order valence-corrected chi connectivity index (χ4v) is 3.22. The van der Waals surface area contributed by atoms with Crippen molar-refractivity contribution >= 4 is 17.8 Å². The van der Waals surface area contributed by atoms with Crippen LogP contribution < -0.4 is 15.4 Å². The summed E-state index contributed by atoms with van der Waals surface area (Å²) < 4.78 is 5.12. The molecule has 0 saturated carbocycles. The Bertz CT molecular complexity index is 707. The fraction of sp³-hybridized carbons (Fsp3) is 0.571. The highest BCUT2D eigenvalue weighted by atomic mass is 16.5. The van der Waals surface area contributed by atoms with Gasteiger partial charge in [0.1, 0.15) is 11.8 Å². The van der Waals surface area contributed by atoms with Gasteiger partial charge in [-0.25, -0.2) is 4.79 Å². The minimum atomic E-state index is -0.694. The van der Waals surface area contributed by atoms with Crippen molar-refractivity contribution in [3.8, 4) is 5.75 Å². The topological polar surface area (TPSA) is 108 Å². The predicted octanol–water partition coefficient (Wildman–Crippen LogP) is 1.46. The summed E-state index contributed by atoms with van der Waals surface area (Å²) in [5.41, 5.74) is 0.995. The number of urea groups is 1. The number of hydrogen-bond donors (Lipinski definition) is 3. The van der Waals surface area contributed by atoms with Crippen molar-refractivity contribution in [1.29, 1.82) is 0 Å². The average Bonchev–Trinajstić information content (AvgIpc) is 3.01. The van der Waals surface area contributed by atoms with E-state index in [1.54, 1.807) is 7.11 Å². The van der Waals surface area contributed by atoms with Gasteiger partial charge in [-0.1, -0.05) is 32.4 Å². The Labute approximate surface area is 171 Å². The van der Waals surface area contributed by atoms with Crippen molar-refractivity contribution in [2.24, 2.45) is 5.92 Å². The molecule has 160 valence electrons. The second-order valence-electron chi connectivity index (χ2n) is 7.37. The molecule has 1 heterocycles. The summed E-state index contributed by atoms with van der Waals surface area (Å²) in [4.78, 5) is 38.0. The normalized spacial score (nSPS) is 18.3. The summed E-state index contributed by atoms with van der Waals surface area (Å²) in [6.45, 7) is 4.11. The molecule has 2 rings (SSSR count). The van der Waals surface area contributed by atoms with Gasteiger partial charge in [0.15, 0.2) is 0 Å². The predicted molar refractivity (Wildman–Crippen MR) is 108 cm³/mol. The minimum Gasteiger partial charge on any atom is -0.497 e. The van der Waals surface area contributed by atoms with E-state index >= 15 is 0 Å². The van der Waals surface area contributed by atoms with Gasteiger partial charge in [-0.3, -0.25) is 14.5 Å². The maximum Gasteiger partial charge on any atom is 0.324 e. The maximum atomic E-state index is 12.5. The van der Waals surface area contributed by atoms with Crippen molar-refractivity contribution in [1.82, 2.24) is 15.5 Å². The Morgan fingerprint density at radius 2 is 2.00 bits per heavy atom. The van der Waals surface area contributed by atoms with Crippen LogP contribution in [0, 0.1) is 5.92 Å². The van der Waals surface area contributed by atoms with Gasteiger partial charge in [0, 0.05) is 13.0 Å². The first-order chi connectivity index (χ1) is 13.9. The van der Waals surface area contributed by atoms with Crippen molar-refractivity contribution in [2.75, 3.05) is 20.3 Å². The lowest BCUT2D eigenvalue weighted by molar-refractivity contribution is -0.127. The van der Waals surface area contributed by atoms with E-state index in [2.05, 4.69) is 10.6 Å². The number of amides is 4. The number of carbonyl (C=O) groups is 3. The molecule has 1 saturated heterocycles. The molecule has 0 aliphatic carbocycles. The lowest BCUT2D eigenvalue weighted by Gasteiger charge is -2.22. The smallest absolute Gasteiger partial charge is 0.324 e. The number of nitrogens with one attached hydrogen (secondary N) is 2. The van der Waals surface area contributed by atoms with Gasteiger partial charge >= 0.3 is 6.03 Å². The highest BCUT2D eigenvalue weighted by molar-refractivity contribution is 6.04. The fourth-order valence-electron chi connectivity index (χ4n) is 3.22. The number of benzene rings is 1. The summed E-state index contributed by atoms with van der Waals surface area (Å²) in [6.07, 6.45) is 1.72. The Kier molecular flexibility index (Phi) is 8.45. The molecule has 0 radical (unpaired) electrons. The molecule has 3 atom stereocenters. The van der Waals surface area contributed by atoms with E-state index in [-0.39, 0.29) is 49.8 Å². The third kappa shape index (κ3) is 6.19. The number of ether oxygens (including phenoxy) is 1. The Hall–Kier alpha value is -2.61. The number of hydrogen-bond acceptors (Lipinski definition) is 5. The minimum absolute atomic E-state index is 0.107. The molecule has 8 nitrogen and oxygen atoms in total. The molecule has 1 aliphatic rings. The standard InChI is InChI=1S/C21H31N3O5/c1-4-14(2)18(13-25)22-19(26)10-9-17-20(27)24(21(28)23-17)12-11-15-5-7-16(29-3)8-6-15/h5-8,14,17-18,25H,4,9-13H2,1-3H3,(H,22,26)(H,23,28)/t14-,17+,18+/m0/s1. The van der Waals surface area contributed by atoms with E-state index < -0.39 is 12.1 Å². The summed E-state index contributed by atoms with van der Waals surface area (Å²) in [7, 11) is 1.59. The number of rotatable bonds is 11. The molecule has 1 aromatic carbocycles. The Balaban J connectivity index is 1.82. The van der Waals surface area contributed by atoms with Crippen molar-refractivity contribution in [3.05, 3.63) is 29.8 Å². The zero-order valence-electron chi connectivity index (χ0n) is 17.3. The molecule has 29 heavy (non-hydrogen) atoms. The van der Waals surface area contributed by atoms with Crippen LogP contribution in [-0.4, -0.2) is 60.2 Å². The summed E-state index contributed by atoms with van der Waals surface area (Å²) in [5.74, 6) is 0.365. The van der Waals surface area contributed by atoms with Crippen LogP contribution in [0.2, 0.25) is 0 Å². The third-order valence-electron chi connectivity index (χ3n) is 5.42. The van der Waals surface area contributed by atoms with Crippen molar-refractivity contribution in [3.63, 3.8) is 0 Å². The molecule has 0 bridgehead atoms. The molecule has 1 aliphatic heterocycles. The van der Waals surface area contributed by atoms with E-state index in [1.165, 1.54) is 4.90 Å². The van der Waals surface area contributed by atoms with Crippen LogP contribution in [0.3, 0.4) is 0 Å². The highest BCUT2D eigenvalue weighted by Gasteiger charge is 2.37. The summed E-state index contributed by atoms with van der Waals surface area (Å²) in [6, 6.07) is 6.04. The van der Waals surface area contributed by atoms with Crippen molar-refractivity contribution in [2.45, 2.75) is 51.6 Å². The van der Waals surface area contributed by atoms with Crippen LogP contribution >= 0.6 is 0 Å². The van der Waals surface area contributed by atoms with Gasteiger partial charge in [0.25, 0.3) is 5.91 Å². The van der Waals surface area contributed by atoms with Gasteiger partial charge in [0.05, 0.1) is 19.8 Å². The number of imide groups is 1. The number of aliphatic hydroxyl groups excluding tert-OH is 1. The largest absolute Gasteiger partial charge is 0.497 e. The zero-order valence-corrected chi connectivity index (χ0v) is 17.3. The quantitative estimate of drug-likeness (QED) is 0.483. The van der Waals surface area contributed by atoms with E-state index in [9.17, 15) is 19.5 Å². The average molecular weight is 405 g/mol. The van der Waals surface area contributed by atoms with Gasteiger partial charge in [-0.05, 0) is 36.5 Å². The molecule has 0 aromatic heterocycles. The first-order valence-electron chi connectivity index (χ1n) is 10.0. The zero-order chi connectivity index (χ0) is 21.4. The number of carbonyl (C=O) groups excluding carboxylic acids is 3. The van der Waals surface area contributed by atoms with E-state index in [0.29, 0.717) is 6.42 Å². The first kappa shape index (κ1) is 22.7. The van der Waals surface area contributed by atoms with E-state index in [0.717, 1.165) is 17.7 Å². The summed E-state index contributed by atoms with van der Waals surface area (Å²) in [5, 5.41) is 14.9.